The molecule has 0 saturated carbocycles. The fourth-order valence-electron chi connectivity index (χ4n) is 3.59. The normalized spacial score (nSPS) is 12.0. The van der Waals surface area contributed by atoms with Crippen LogP contribution in [0.2, 0.25) is 10.0 Å². The number of aromatic nitrogens is 5. The Hall–Kier alpha value is -4.08. The monoisotopic (exact) mass is 504 g/mol. The molecule has 11 heteroatoms. The van der Waals surface area contributed by atoms with Gasteiger partial charge in [0.15, 0.2) is 5.82 Å². The molecule has 5 rings (SSSR count). The van der Waals surface area contributed by atoms with E-state index in [0.717, 1.165) is 11.0 Å². The van der Waals surface area contributed by atoms with Gasteiger partial charge in [0.25, 0.3) is 5.69 Å². The lowest BCUT2D eigenvalue weighted by Crippen LogP contribution is -2.13. The number of rotatable bonds is 6. The quantitative estimate of drug-likeness (QED) is 0.220. The Morgan fingerprint density at radius 2 is 1.86 bits per heavy atom. The number of nitrogens with one attached hydrogen (secondary N) is 1. The topological polar surface area (TPSA) is 112 Å². The van der Waals surface area contributed by atoms with Gasteiger partial charge in [0.1, 0.15) is 18.3 Å². The molecule has 1 radical (unpaired) electrons. The second-order valence-corrected chi connectivity index (χ2v) is 8.39. The Balaban J connectivity index is 1.58. The molecule has 9 nitrogen and oxygen atoms in total. The van der Waals surface area contributed by atoms with E-state index >= 15 is 0 Å². The van der Waals surface area contributed by atoms with Gasteiger partial charge in [-0.1, -0.05) is 35.3 Å². The summed E-state index contributed by atoms with van der Waals surface area (Å²) in [5.41, 5.74) is 3.50. The minimum absolute atomic E-state index is 0.107. The zero-order valence-corrected chi connectivity index (χ0v) is 19.5. The Labute approximate surface area is 209 Å². The van der Waals surface area contributed by atoms with Crippen molar-refractivity contribution in [2.75, 3.05) is 5.32 Å². The summed E-state index contributed by atoms with van der Waals surface area (Å²) in [6.45, 7) is 4.09. The highest BCUT2D eigenvalue weighted by molar-refractivity contribution is 6.36. The molecule has 0 spiro atoms. The predicted octanol–water partition coefficient (Wildman–Crippen LogP) is 6.08. The zero-order valence-electron chi connectivity index (χ0n) is 18.0. The average molecular weight is 505 g/mol. The van der Waals surface area contributed by atoms with Gasteiger partial charge < -0.3 is 5.32 Å². The highest BCUT2D eigenvalue weighted by Crippen LogP contribution is 2.34. The van der Waals surface area contributed by atoms with Crippen LogP contribution in [0.5, 0.6) is 0 Å². The highest BCUT2D eigenvalue weighted by Gasteiger charge is 2.19. The number of benzene rings is 2. The Morgan fingerprint density at radius 3 is 2.60 bits per heavy atom. The van der Waals surface area contributed by atoms with Crippen molar-refractivity contribution in [2.24, 2.45) is 0 Å². The minimum Gasteiger partial charge on any atom is -0.360 e. The molecule has 0 bridgehead atoms. The SMILES string of the molecule is [CH2]C(Nc1ccc([N+](=O)[O-])cn1)c1ncc(-n2cnc3ccccc32)c(-c2ccc(Cl)cc2Cl)n1. The summed E-state index contributed by atoms with van der Waals surface area (Å²) in [5.74, 6) is 0.772. The van der Waals surface area contributed by atoms with Crippen LogP contribution in [-0.2, 0) is 0 Å². The second-order valence-electron chi connectivity index (χ2n) is 7.55. The maximum Gasteiger partial charge on any atom is 0.287 e. The minimum atomic E-state index is -0.609. The van der Waals surface area contributed by atoms with E-state index in [4.69, 9.17) is 28.2 Å². The number of fused-ring (bicyclic) bond motifs is 1. The lowest BCUT2D eigenvalue weighted by Gasteiger charge is -2.17. The average Bonchev–Trinajstić information content (AvgIpc) is 3.28. The number of hydrogen-bond donors (Lipinski definition) is 1. The van der Waals surface area contributed by atoms with Gasteiger partial charge in [0, 0.05) is 16.7 Å². The number of halogens is 2. The number of hydrogen-bond acceptors (Lipinski definition) is 7. The van der Waals surface area contributed by atoms with E-state index in [9.17, 15) is 10.1 Å². The van der Waals surface area contributed by atoms with E-state index in [1.54, 1.807) is 30.7 Å². The van der Waals surface area contributed by atoms with Crippen molar-refractivity contribution in [3.63, 3.8) is 0 Å². The van der Waals surface area contributed by atoms with Gasteiger partial charge in [-0.05, 0) is 43.3 Å². The molecular formula is C24H16Cl2N7O2. The first-order valence-electron chi connectivity index (χ1n) is 10.4. The number of nitro groups is 1. The van der Waals surface area contributed by atoms with Crippen molar-refractivity contribution in [1.82, 2.24) is 24.5 Å². The van der Waals surface area contributed by atoms with Crippen LogP contribution in [0.1, 0.15) is 11.9 Å². The number of anilines is 1. The lowest BCUT2D eigenvalue weighted by atomic mass is 10.1. The molecule has 5 aromatic rings. The molecule has 3 heterocycles. The summed E-state index contributed by atoms with van der Waals surface area (Å²) >= 11 is 12.7. The first kappa shape index (κ1) is 22.7. The predicted molar refractivity (Wildman–Crippen MR) is 135 cm³/mol. The van der Waals surface area contributed by atoms with E-state index < -0.39 is 11.0 Å². The number of nitrogens with zero attached hydrogens (tertiary/aromatic N) is 6. The fourth-order valence-corrected chi connectivity index (χ4v) is 4.08. The van der Waals surface area contributed by atoms with Crippen LogP contribution in [0.25, 0.3) is 28.0 Å². The van der Waals surface area contributed by atoms with Crippen LogP contribution in [0.15, 0.2) is 73.3 Å². The Kier molecular flexibility index (Phi) is 6.02. The van der Waals surface area contributed by atoms with Crippen LogP contribution in [0, 0.1) is 17.0 Å². The second kappa shape index (κ2) is 9.28. The summed E-state index contributed by atoms with van der Waals surface area (Å²) < 4.78 is 1.89. The van der Waals surface area contributed by atoms with Crippen molar-refractivity contribution in [3.05, 3.63) is 106 Å². The summed E-state index contributed by atoms with van der Waals surface area (Å²) in [5, 5.41) is 14.9. The Morgan fingerprint density at radius 1 is 1.03 bits per heavy atom. The molecule has 0 fully saturated rings. The summed E-state index contributed by atoms with van der Waals surface area (Å²) in [6.07, 6.45) is 4.55. The number of pyridine rings is 1. The van der Waals surface area contributed by atoms with Gasteiger partial charge in [-0.15, -0.1) is 0 Å². The molecular weight excluding hydrogens is 489 g/mol. The molecule has 3 aromatic heterocycles. The summed E-state index contributed by atoms with van der Waals surface area (Å²) in [4.78, 5) is 28.2. The molecule has 173 valence electrons. The van der Waals surface area contributed by atoms with Crippen LogP contribution in [0.4, 0.5) is 11.5 Å². The van der Waals surface area contributed by atoms with Gasteiger partial charge in [-0.3, -0.25) is 14.7 Å². The van der Waals surface area contributed by atoms with E-state index in [0.29, 0.717) is 38.6 Å². The van der Waals surface area contributed by atoms with Gasteiger partial charge in [-0.2, -0.15) is 0 Å². The number of imidazole rings is 1. The molecule has 1 atom stereocenters. The Bertz CT molecular complexity index is 1550. The largest absolute Gasteiger partial charge is 0.360 e. The van der Waals surface area contributed by atoms with Crippen LogP contribution >= 0.6 is 23.2 Å². The zero-order chi connectivity index (χ0) is 24.5. The first-order chi connectivity index (χ1) is 16.9. The molecule has 1 unspecified atom stereocenters. The summed E-state index contributed by atoms with van der Waals surface area (Å²) in [6, 6.07) is 15.1. The highest BCUT2D eigenvalue weighted by atomic mass is 35.5. The van der Waals surface area contributed by atoms with Crippen molar-refractivity contribution in [3.8, 4) is 16.9 Å². The number of para-hydroxylation sites is 2. The van der Waals surface area contributed by atoms with Crippen LogP contribution < -0.4 is 5.32 Å². The third-order valence-electron chi connectivity index (χ3n) is 5.28. The van der Waals surface area contributed by atoms with E-state index in [-0.39, 0.29) is 5.69 Å². The van der Waals surface area contributed by atoms with Crippen molar-refractivity contribution >= 4 is 45.7 Å². The first-order valence-corrected chi connectivity index (χ1v) is 11.1. The molecule has 0 aliphatic rings. The fraction of sp³-hybridized carbons (Fsp3) is 0.0417. The van der Waals surface area contributed by atoms with Crippen molar-refractivity contribution in [1.29, 1.82) is 0 Å². The van der Waals surface area contributed by atoms with Crippen LogP contribution in [0.3, 0.4) is 0 Å². The molecule has 2 aromatic carbocycles. The van der Waals surface area contributed by atoms with Gasteiger partial charge in [0.2, 0.25) is 0 Å². The molecule has 35 heavy (non-hydrogen) atoms. The third-order valence-corrected chi connectivity index (χ3v) is 5.83. The maximum absolute atomic E-state index is 10.9. The molecule has 0 aliphatic heterocycles. The molecule has 0 saturated heterocycles. The van der Waals surface area contributed by atoms with E-state index in [2.05, 4.69) is 27.2 Å². The van der Waals surface area contributed by atoms with Crippen molar-refractivity contribution < 1.29 is 4.92 Å². The van der Waals surface area contributed by atoms with E-state index in [1.807, 2.05) is 28.8 Å². The standard InChI is InChI=1S/C24H16Cl2N7O2/c1-14(30-22-9-7-16(11-27-22)33(34)35)24-28-12-21(32-13-29-19-4-2-3-5-20(19)32)23(31-24)17-8-6-15(25)10-18(17)26/h2-14H,1H2,(H,27,30). The van der Waals surface area contributed by atoms with Gasteiger partial charge >= 0.3 is 0 Å². The smallest absolute Gasteiger partial charge is 0.287 e. The maximum atomic E-state index is 10.9. The van der Waals surface area contributed by atoms with Crippen LogP contribution in [-0.4, -0.2) is 29.4 Å². The third kappa shape index (κ3) is 4.51. The van der Waals surface area contributed by atoms with Crippen molar-refractivity contribution in [2.45, 2.75) is 6.04 Å². The van der Waals surface area contributed by atoms with Gasteiger partial charge in [0.05, 0.1) is 44.6 Å². The van der Waals surface area contributed by atoms with E-state index in [1.165, 1.54) is 18.3 Å². The molecule has 1 N–H and O–H groups in total. The molecule has 0 amide bonds. The lowest BCUT2D eigenvalue weighted by molar-refractivity contribution is -0.385. The molecule has 0 aliphatic carbocycles. The summed E-state index contributed by atoms with van der Waals surface area (Å²) in [7, 11) is 0. The van der Waals surface area contributed by atoms with Gasteiger partial charge in [-0.25, -0.2) is 19.9 Å².